The number of pyridine rings is 1. The van der Waals surface area contributed by atoms with Crippen molar-refractivity contribution in [2.75, 3.05) is 19.7 Å². The second-order valence-electron chi connectivity index (χ2n) is 5.73. The Kier molecular flexibility index (Phi) is 4.31. The average Bonchev–Trinajstić information content (AvgIpc) is 3.12. The van der Waals surface area contributed by atoms with E-state index in [1.165, 1.54) is 5.56 Å². The molecule has 1 atom stereocenters. The SMILES string of the molecule is c1ccc(C2CN(Cc3nc(-c4ccccn4)no3)CCO2)cc1. The van der Waals surface area contributed by atoms with Gasteiger partial charge in [0.05, 0.1) is 19.3 Å². The summed E-state index contributed by atoms with van der Waals surface area (Å²) in [5.74, 6) is 1.13. The number of hydrogen-bond donors (Lipinski definition) is 0. The van der Waals surface area contributed by atoms with Gasteiger partial charge in [-0.05, 0) is 17.7 Å². The van der Waals surface area contributed by atoms with Gasteiger partial charge < -0.3 is 9.26 Å². The number of morpholine rings is 1. The third-order valence-corrected chi connectivity index (χ3v) is 4.04. The van der Waals surface area contributed by atoms with Crippen LogP contribution < -0.4 is 0 Å². The zero-order valence-electron chi connectivity index (χ0n) is 13.2. The molecule has 0 saturated carbocycles. The Balaban J connectivity index is 1.43. The van der Waals surface area contributed by atoms with Crippen molar-refractivity contribution in [3.63, 3.8) is 0 Å². The van der Waals surface area contributed by atoms with Gasteiger partial charge in [-0.3, -0.25) is 9.88 Å². The van der Waals surface area contributed by atoms with Crippen molar-refractivity contribution in [1.82, 2.24) is 20.0 Å². The van der Waals surface area contributed by atoms with Crippen molar-refractivity contribution in [3.05, 3.63) is 66.2 Å². The first-order chi connectivity index (χ1) is 11.9. The van der Waals surface area contributed by atoms with E-state index in [0.29, 0.717) is 24.9 Å². The van der Waals surface area contributed by atoms with E-state index in [4.69, 9.17) is 9.26 Å². The lowest BCUT2D eigenvalue weighted by molar-refractivity contribution is -0.0355. The molecular weight excluding hydrogens is 304 g/mol. The normalized spacial score (nSPS) is 18.6. The van der Waals surface area contributed by atoms with Crippen LogP contribution in [0.5, 0.6) is 0 Å². The molecule has 1 aliphatic rings. The molecule has 2 aromatic heterocycles. The summed E-state index contributed by atoms with van der Waals surface area (Å²) in [7, 11) is 0. The monoisotopic (exact) mass is 322 g/mol. The Morgan fingerprint density at radius 1 is 1.08 bits per heavy atom. The predicted octanol–water partition coefficient (Wildman–Crippen LogP) is 2.71. The highest BCUT2D eigenvalue weighted by atomic mass is 16.5. The van der Waals surface area contributed by atoms with Gasteiger partial charge in [0.1, 0.15) is 5.69 Å². The van der Waals surface area contributed by atoms with Crippen molar-refractivity contribution in [1.29, 1.82) is 0 Å². The second kappa shape index (κ2) is 6.90. The molecule has 24 heavy (non-hydrogen) atoms. The Morgan fingerprint density at radius 3 is 2.79 bits per heavy atom. The van der Waals surface area contributed by atoms with E-state index in [1.54, 1.807) is 6.20 Å². The molecule has 3 aromatic rings. The van der Waals surface area contributed by atoms with Crippen LogP contribution >= 0.6 is 0 Å². The number of benzene rings is 1. The highest BCUT2D eigenvalue weighted by Crippen LogP contribution is 2.23. The molecular formula is C18H18N4O2. The number of rotatable bonds is 4. The molecule has 1 unspecified atom stereocenters. The standard InChI is InChI=1S/C18H18N4O2/c1-2-6-14(7-3-1)16-12-22(10-11-23-16)13-17-20-18(21-24-17)15-8-4-5-9-19-15/h1-9,16H,10-13H2. The van der Waals surface area contributed by atoms with Crippen LogP contribution in [0.1, 0.15) is 17.6 Å². The molecule has 6 nitrogen and oxygen atoms in total. The maximum absolute atomic E-state index is 5.89. The van der Waals surface area contributed by atoms with E-state index < -0.39 is 0 Å². The summed E-state index contributed by atoms with van der Waals surface area (Å²) in [5.41, 5.74) is 1.92. The molecule has 0 aliphatic carbocycles. The van der Waals surface area contributed by atoms with Crippen LogP contribution in [0.3, 0.4) is 0 Å². The lowest BCUT2D eigenvalue weighted by Crippen LogP contribution is -2.37. The van der Waals surface area contributed by atoms with Crippen molar-refractivity contribution in [2.45, 2.75) is 12.6 Å². The summed E-state index contributed by atoms with van der Waals surface area (Å²) in [4.78, 5) is 11.0. The van der Waals surface area contributed by atoms with E-state index in [2.05, 4.69) is 32.2 Å². The van der Waals surface area contributed by atoms with E-state index in [-0.39, 0.29) is 6.10 Å². The minimum atomic E-state index is 0.0816. The Bertz CT molecular complexity index is 776. The molecule has 122 valence electrons. The zero-order valence-corrected chi connectivity index (χ0v) is 13.2. The van der Waals surface area contributed by atoms with E-state index >= 15 is 0 Å². The van der Waals surface area contributed by atoms with Crippen molar-refractivity contribution >= 4 is 0 Å². The van der Waals surface area contributed by atoms with E-state index in [9.17, 15) is 0 Å². The summed E-state index contributed by atoms with van der Waals surface area (Å²) in [6.45, 7) is 2.98. The van der Waals surface area contributed by atoms with Crippen LogP contribution in [0.25, 0.3) is 11.5 Å². The van der Waals surface area contributed by atoms with Crippen molar-refractivity contribution < 1.29 is 9.26 Å². The van der Waals surface area contributed by atoms with E-state index in [0.717, 1.165) is 18.8 Å². The quantitative estimate of drug-likeness (QED) is 0.736. The Hall–Kier alpha value is -2.57. The fourth-order valence-electron chi connectivity index (χ4n) is 2.82. The molecule has 0 N–H and O–H groups in total. The first-order valence-corrected chi connectivity index (χ1v) is 8.01. The Morgan fingerprint density at radius 2 is 1.96 bits per heavy atom. The van der Waals surface area contributed by atoms with Crippen LogP contribution in [-0.4, -0.2) is 39.7 Å². The smallest absolute Gasteiger partial charge is 0.241 e. The molecule has 1 aliphatic heterocycles. The maximum Gasteiger partial charge on any atom is 0.241 e. The lowest BCUT2D eigenvalue weighted by atomic mass is 10.1. The van der Waals surface area contributed by atoms with Gasteiger partial charge in [-0.15, -0.1) is 0 Å². The van der Waals surface area contributed by atoms with Gasteiger partial charge in [0.15, 0.2) is 0 Å². The molecule has 4 rings (SSSR count). The molecule has 6 heteroatoms. The molecule has 1 fully saturated rings. The minimum absolute atomic E-state index is 0.0816. The molecule has 1 saturated heterocycles. The molecule has 3 heterocycles. The summed E-state index contributed by atoms with van der Waals surface area (Å²) in [6, 6.07) is 15.9. The van der Waals surface area contributed by atoms with Gasteiger partial charge in [0.2, 0.25) is 11.7 Å². The largest absolute Gasteiger partial charge is 0.371 e. The zero-order chi connectivity index (χ0) is 16.2. The van der Waals surface area contributed by atoms with Crippen molar-refractivity contribution in [2.24, 2.45) is 0 Å². The fraction of sp³-hybridized carbons (Fsp3) is 0.278. The molecule has 1 aromatic carbocycles. The molecule has 0 bridgehead atoms. The predicted molar refractivity (Wildman–Crippen MR) is 87.9 cm³/mol. The average molecular weight is 322 g/mol. The molecule has 0 amide bonds. The van der Waals surface area contributed by atoms with Gasteiger partial charge in [-0.25, -0.2) is 0 Å². The van der Waals surface area contributed by atoms with Gasteiger partial charge >= 0.3 is 0 Å². The third kappa shape index (κ3) is 3.34. The Labute approximate surface area is 140 Å². The molecule has 0 radical (unpaired) electrons. The number of hydrogen-bond acceptors (Lipinski definition) is 6. The van der Waals surface area contributed by atoms with Gasteiger partial charge in [0, 0.05) is 19.3 Å². The highest BCUT2D eigenvalue weighted by Gasteiger charge is 2.23. The number of nitrogens with zero attached hydrogens (tertiary/aromatic N) is 4. The summed E-state index contributed by atoms with van der Waals surface area (Å²) in [6.07, 6.45) is 1.80. The summed E-state index contributed by atoms with van der Waals surface area (Å²) >= 11 is 0. The van der Waals surface area contributed by atoms with Gasteiger partial charge in [0.25, 0.3) is 0 Å². The van der Waals surface area contributed by atoms with Crippen LogP contribution in [0.4, 0.5) is 0 Å². The second-order valence-corrected chi connectivity index (χ2v) is 5.73. The van der Waals surface area contributed by atoms with Gasteiger partial charge in [-0.2, -0.15) is 4.98 Å². The number of aromatic nitrogens is 3. The summed E-state index contributed by atoms with van der Waals surface area (Å²) < 4.78 is 11.3. The summed E-state index contributed by atoms with van der Waals surface area (Å²) in [5, 5.41) is 4.02. The first-order valence-electron chi connectivity index (χ1n) is 8.01. The van der Waals surface area contributed by atoms with Crippen LogP contribution in [0.15, 0.2) is 59.3 Å². The van der Waals surface area contributed by atoms with Crippen LogP contribution in [0, 0.1) is 0 Å². The minimum Gasteiger partial charge on any atom is -0.371 e. The highest BCUT2D eigenvalue weighted by molar-refractivity contribution is 5.46. The lowest BCUT2D eigenvalue weighted by Gasteiger charge is -2.32. The van der Waals surface area contributed by atoms with E-state index in [1.807, 2.05) is 36.4 Å². The molecule has 0 spiro atoms. The maximum atomic E-state index is 5.89. The fourth-order valence-corrected chi connectivity index (χ4v) is 2.82. The van der Waals surface area contributed by atoms with Crippen LogP contribution in [-0.2, 0) is 11.3 Å². The first kappa shape index (κ1) is 15.0. The third-order valence-electron chi connectivity index (χ3n) is 4.04. The van der Waals surface area contributed by atoms with Crippen LogP contribution in [0.2, 0.25) is 0 Å². The number of ether oxygens (including phenoxy) is 1. The van der Waals surface area contributed by atoms with Crippen molar-refractivity contribution in [3.8, 4) is 11.5 Å². The topological polar surface area (TPSA) is 64.3 Å². The van der Waals surface area contributed by atoms with Gasteiger partial charge in [-0.1, -0.05) is 41.6 Å².